The normalized spacial score (nSPS) is 16.3. The Labute approximate surface area is 111 Å². The van der Waals surface area contributed by atoms with Crippen LogP contribution in [0, 0.1) is 12.0 Å². The molecule has 1 aliphatic rings. The van der Waals surface area contributed by atoms with Gasteiger partial charge in [-0.25, -0.2) is 9.69 Å². The van der Waals surface area contributed by atoms with Crippen LogP contribution in [0.2, 0.25) is 18.1 Å². The summed E-state index contributed by atoms with van der Waals surface area (Å²) in [7, 11) is -1.67. The molecule has 0 aromatic heterocycles. The van der Waals surface area contributed by atoms with Crippen molar-refractivity contribution in [1.29, 1.82) is 0 Å². The van der Waals surface area contributed by atoms with Crippen LogP contribution in [0.4, 0.5) is 4.79 Å². The molecule has 0 N–H and O–H groups in total. The summed E-state index contributed by atoms with van der Waals surface area (Å²) in [5.74, 6) is 2.95. The monoisotopic (exact) mass is 269 g/mol. The van der Waals surface area contributed by atoms with E-state index in [0.29, 0.717) is 26.2 Å². The summed E-state index contributed by atoms with van der Waals surface area (Å²) < 4.78 is 10.8. The topological polar surface area (TPSA) is 38.8 Å². The summed E-state index contributed by atoms with van der Waals surface area (Å²) in [6.45, 7) is 12.7. The van der Waals surface area contributed by atoms with E-state index in [2.05, 4.69) is 45.8 Å². The van der Waals surface area contributed by atoms with Gasteiger partial charge in [-0.05, 0) is 18.1 Å². The predicted molar refractivity (Wildman–Crippen MR) is 73.6 cm³/mol. The fraction of sp³-hybridized carbons (Fsp3) is 0.769. The molecular formula is C13H23NO3Si. The molecule has 5 heteroatoms. The van der Waals surface area contributed by atoms with Crippen LogP contribution in [-0.4, -0.2) is 39.1 Å². The number of amides is 1. The van der Waals surface area contributed by atoms with E-state index in [4.69, 9.17) is 9.16 Å². The molecule has 1 saturated heterocycles. The van der Waals surface area contributed by atoms with E-state index < -0.39 is 8.32 Å². The predicted octanol–water partition coefficient (Wildman–Crippen LogP) is 2.81. The third kappa shape index (κ3) is 4.04. The molecule has 1 amide bonds. The highest BCUT2D eigenvalue weighted by Gasteiger charge is 2.36. The van der Waals surface area contributed by atoms with Crippen molar-refractivity contribution < 1.29 is 14.0 Å². The van der Waals surface area contributed by atoms with E-state index in [1.807, 2.05) is 0 Å². The zero-order chi connectivity index (χ0) is 13.8. The van der Waals surface area contributed by atoms with Crippen molar-refractivity contribution in [2.75, 3.05) is 19.8 Å². The number of hydrogen-bond donors (Lipinski definition) is 0. The molecule has 0 aromatic rings. The Morgan fingerprint density at radius 1 is 1.44 bits per heavy atom. The first kappa shape index (κ1) is 15.1. The quantitative estimate of drug-likeness (QED) is 0.449. The Kier molecular flexibility index (Phi) is 4.82. The molecule has 0 atom stereocenters. The Morgan fingerprint density at radius 2 is 2.11 bits per heavy atom. The van der Waals surface area contributed by atoms with Crippen molar-refractivity contribution in [3.63, 3.8) is 0 Å². The highest BCUT2D eigenvalue weighted by atomic mass is 28.4. The second-order valence-corrected chi connectivity index (χ2v) is 10.7. The lowest BCUT2D eigenvalue weighted by Gasteiger charge is -2.35. The lowest BCUT2D eigenvalue weighted by Crippen LogP contribution is -2.40. The Bertz CT molecular complexity index is 363. The number of hydrogen-bond acceptors (Lipinski definition) is 3. The lowest BCUT2D eigenvalue weighted by molar-refractivity contribution is 0.167. The highest BCUT2D eigenvalue weighted by molar-refractivity contribution is 6.74. The Hall–Kier alpha value is -0.993. The molecule has 0 aromatic carbocycles. The lowest BCUT2D eigenvalue weighted by atomic mass is 10.2. The third-order valence-corrected chi connectivity index (χ3v) is 8.01. The first-order valence-electron chi connectivity index (χ1n) is 6.31. The van der Waals surface area contributed by atoms with Crippen LogP contribution in [0.1, 0.15) is 27.2 Å². The summed E-state index contributed by atoms with van der Waals surface area (Å²) in [6, 6.07) is 2.80. The van der Waals surface area contributed by atoms with Crippen LogP contribution in [0.25, 0.3) is 0 Å². The van der Waals surface area contributed by atoms with Gasteiger partial charge in [-0.15, -0.1) is 0 Å². The molecule has 4 nitrogen and oxygen atoms in total. The fourth-order valence-corrected chi connectivity index (χ4v) is 2.27. The molecule has 1 fully saturated rings. The van der Waals surface area contributed by atoms with E-state index in [1.54, 1.807) is 0 Å². The molecule has 1 rings (SSSR count). The molecule has 18 heavy (non-hydrogen) atoms. The van der Waals surface area contributed by atoms with E-state index >= 15 is 0 Å². The molecule has 0 radical (unpaired) electrons. The summed E-state index contributed by atoms with van der Waals surface area (Å²) in [5, 5.41) is 0.221. The zero-order valence-electron chi connectivity index (χ0n) is 12.0. The van der Waals surface area contributed by atoms with Crippen molar-refractivity contribution in [2.24, 2.45) is 0 Å². The number of nitrogens with zero attached hydrogens (tertiary/aromatic N) is 1. The summed E-state index contributed by atoms with van der Waals surface area (Å²) in [5.41, 5.74) is 0. The van der Waals surface area contributed by atoms with Crippen LogP contribution in [0.15, 0.2) is 0 Å². The number of ether oxygens (including phenoxy) is 1. The minimum absolute atomic E-state index is 0.221. The zero-order valence-corrected chi connectivity index (χ0v) is 13.0. The first-order chi connectivity index (χ1) is 8.24. The van der Waals surface area contributed by atoms with E-state index in [-0.39, 0.29) is 11.1 Å². The van der Waals surface area contributed by atoms with E-state index in [0.717, 1.165) is 0 Å². The molecule has 0 aliphatic carbocycles. The van der Waals surface area contributed by atoms with Crippen molar-refractivity contribution in [3.8, 4) is 12.0 Å². The molecule has 0 saturated carbocycles. The SMILES string of the molecule is CC(C)(C)[Si](C)(C)OCCC#CN1CCOC1=O. The van der Waals surface area contributed by atoms with Gasteiger partial charge in [0.2, 0.25) is 0 Å². The Morgan fingerprint density at radius 3 is 2.61 bits per heavy atom. The fourth-order valence-electron chi connectivity index (χ4n) is 1.22. The average molecular weight is 269 g/mol. The van der Waals surface area contributed by atoms with Crippen LogP contribution in [0.5, 0.6) is 0 Å². The van der Waals surface area contributed by atoms with Crippen LogP contribution in [-0.2, 0) is 9.16 Å². The van der Waals surface area contributed by atoms with Crippen LogP contribution < -0.4 is 0 Å². The molecular weight excluding hydrogens is 246 g/mol. The molecule has 1 aliphatic heterocycles. The van der Waals surface area contributed by atoms with Crippen molar-refractivity contribution in [1.82, 2.24) is 4.90 Å². The number of rotatable bonds is 3. The van der Waals surface area contributed by atoms with Crippen molar-refractivity contribution in [3.05, 3.63) is 0 Å². The minimum atomic E-state index is -1.67. The smallest absolute Gasteiger partial charge is 0.421 e. The third-order valence-electron chi connectivity index (χ3n) is 3.47. The summed E-state index contributed by atoms with van der Waals surface area (Å²) >= 11 is 0. The maximum absolute atomic E-state index is 11.1. The van der Waals surface area contributed by atoms with Gasteiger partial charge in [0.1, 0.15) is 6.61 Å². The van der Waals surface area contributed by atoms with Gasteiger partial charge in [-0.2, -0.15) is 0 Å². The molecule has 0 unspecified atom stereocenters. The summed E-state index contributed by atoms with van der Waals surface area (Å²) in [4.78, 5) is 12.5. The van der Waals surface area contributed by atoms with Gasteiger partial charge >= 0.3 is 6.09 Å². The van der Waals surface area contributed by atoms with E-state index in [1.165, 1.54) is 4.90 Å². The van der Waals surface area contributed by atoms with Gasteiger partial charge in [0, 0.05) is 19.1 Å². The second kappa shape index (κ2) is 5.76. The molecule has 102 valence electrons. The van der Waals surface area contributed by atoms with Crippen LogP contribution >= 0.6 is 0 Å². The highest BCUT2D eigenvalue weighted by Crippen LogP contribution is 2.36. The molecule has 0 bridgehead atoms. The second-order valence-electron chi connectivity index (χ2n) is 5.91. The van der Waals surface area contributed by atoms with E-state index in [9.17, 15) is 4.79 Å². The van der Waals surface area contributed by atoms with Gasteiger partial charge in [0.25, 0.3) is 0 Å². The van der Waals surface area contributed by atoms with Crippen molar-refractivity contribution in [2.45, 2.75) is 45.3 Å². The minimum Gasteiger partial charge on any atom is -0.447 e. The van der Waals surface area contributed by atoms with Crippen molar-refractivity contribution >= 4 is 14.4 Å². The van der Waals surface area contributed by atoms with Gasteiger partial charge < -0.3 is 9.16 Å². The average Bonchev–Trinajstić information content (AvgIpc) is 2.62. The van der Waals surface area contributed by atoms with Gasteiger partial charge in [-0.1, -0.05) is 26.7 Å². The first-order valence-corrected chi connectivity index (χ1v) is 9.21. The number of carbonyl (C=O) groups is 1. The molecule has 0 spiro atoms. The maximum Gasteiger partial charge on any atom is 0.421 e. The largest absolute Gasteiger partial charge is 0.447 e. The molecule has 1 heterocycles. The van der Waals surface area contributed by atoms with Gasteiger partial charge in [0.05, 0.1) is 6.54 Å². The maximum atomic E-state index is 11.1. The number of cyclic esters (lactones) is 1. The Balaban J connectivity index is 2.31. The van der Waals surface area contributed by atoms with Gasteiger partial charge in [0.15, 0.2) is 8.32 Å². The van der Waals surface area contributed by atoms with Gasteiger partial charge in [-0.3, -0.25) is 0 Å². The van der Waals surface area contributed by atoms with Crippen LogP contribution in [0.3, 0.4) is 0 Å². The standard InChI is InChI=1S/C13H23NO3Si/c1-13(2,3)18(4,5)17-10-7-6-8-14-9-11-16-12(14)15/h7,9-11H2,1-5H3. The number of carbonyl (C=O) groups excluding carboxylic acids is 1. The summed E-state index contributed by atoms with van der Waals surface area (Å²) in [6.07, 6.45) is 0.309.